The standard InChI is InChI=1S/C23H21NO/c25-23-15-24(14-18-6-2-4-8-22(18)23)13-16-9-10-21-19(11-16)12-17-5-1-3-7-20(17)21/h1-11,23,25H,12-15H2/t23-/m0/s1. The molecule has 1 atom stereocenters. The van der Waals surface area contributed by atoms with Gasteiger partial charge in [-0.25, -0.2) is 0 Å². The SMILES string of the molecule is O[C@H]1CN(Cc2ccc3c(c2)Cc2ccccc2-3)Cc2ccccc21. The first kappa shape index (κ1) is 14.9. The van der Waals surface area contributed by atoms with E-state index in [1.807, 2.05) is 12.1 Å². The summed E-state index contributed by atoms with van der Waals surface area (Å²) in [5, 5.41) is 10.4. The number of hydrogen-bond donors (Lipinski definition) is 1. The van der Waals surface area contributed by atoms with Crippen molar-refractivity contribution in [2.24, 2.45) is 0 Å². The molecule has 3 aromatic carbocycles. The molecule has 2 nitrogen and oxygen atoms in total. The van der Waals surface area contributed by atoms with E-state index in [0.29, 0.717) is 6.54 Å². The van der Waals surface area contributed by atoms with E-state index in [1.165, 1.54) is 33.4 Å². The van der Waals surface area contributed by atoms with E-state index >= 15 is 0 Å². The van der Waals surface area contributed by atoms with Gasteiger partial charge in [-0.15, -0.1) is 0 Å². The molecule has 25 heavy (non-hydrogen) atoms. The van der Waals surface area contributed by atoms with Crippen LogP contribution in [0.15, 0.2) is 66.7 Å². The number of hydrogen-bond acceptors (Lipinski definition) is 2. The molecular formula is C23H21NO. The molecule has 0 unspecified atom stereocenters. The van der Waals surface area contributed by atoms with E-state index in [9.17, 15) is 5.11 Å². The van der Waals surface area contributed by atoms with Crippen molar-refractivity contribution in [3.8, 4) is 11.1 Å². The van der Waals surface area contributed by atoms with Crippen molar-refractivity contribution in [3.05, 3.63) is 94.5 Å². The number of aliphatic hydroxyl groups excluding tert-OH is 1. The Morgan fingerprint density at radius 3 is 2.52 bits per heavy atom. The predicted octanol–water partition coefficient (Wildman–Crippen LogP) is 4.31. The van der Waals surface area contributed by atoms with Crippen molar-refractivity contribution < 1.29 is 5.11 Å². The number of β-amino-alcohol motifs (C(OH)–C–C–N with tert-alkyl or cyclic N) is 1. The first-order chi connectivity index (χ1) is 12.3. The van der Waals surface area contributed by atoms with Gasteiger partial charge in [0.2, 0.25) is 0 Å². The smallest absolute Gasteiger partial charge is 0.0920 e. The molecule has 0 aromatic heterocycles. The van der Waals surface area contributed by atoms with Gasteiger partial charge in [-0.05, 0) is 45.4 Å². The fourth-order valence-electron chi connectivity index (χ4n) is 4.33. The third-order valence-electron chi connectivity index (χ3n) is 5.50. The molecule has 5 rings (SSSR count). The minimum Gasteiger partial charge on any atom is -0.387 e. The molecule has 0 saturated heterocycles. The van der Waals surface area contributed by atoms with Crippen LogP contribution < -0.4 is 0 Å². The summed E-state index contributed by atoms with van der Waals surface area (Å²) in [6, 6.07) is 23.8. The van der Waals surface area contributed by atoms with E-state index in [-0.39, 0.29) is 6.10 Å². The van der Waals surface area contributed by atoms with Crippen LogP contribution in [0.3, 0.4) is 0 Å². The zero-order valence-electron chi connectivity index (χ0n) is 14.2. The molecule has 3 aromatic rings. The number of nitrogens with zero attached hydrogens (tertiary/aromatic N) is 1. The average Bonchev–Trinajstić information content (AvgIpc) is 2.99. The Labute approximate surface area is 148 Å². The Morgan fingerprint density at radius 1 is 0.840 bits per heavy atom. The molecule has 1 N–H and O–H groups in total. The van der Waals surface area contributed by atoms with E-state index < -0.39 is 0 Å². The lowest BCUT2D eigenvalue weighted by molar-refractivity contribution is 0.0882. The van der Waals surface area contributed by atoms with Crippen molar-refractivity contribution >= 4 is 0 Å². The number of benzene rings is 3. The van der Waals surface area contributed by atoms with Gasteiger partial charge in [0, 0.05) is 19.6 Å². The number of fused-ring (bicyclic) bond motifs is 4. The molecule has 2 heteroatoms. The molecule has 0 bridgehead atoms. The van der Waals surface area contributed by atoms with Gasteiger partial charge >= 0.3 is 0 Å². The first-order valence-corrected chi connectivity index (χ1v) is 8.96. The summed E-state index contributed by atoms with van der Waals surface area (Å²) in [5.74, 6) is 0. The van der Waals surface area contributed by atoms with E-state index in [1.54, 1.807) is 0 Å². The Kier molecular flexibility index (Phi) is 3.47. The highest BCUT2D eigenvalue weighted by molar-refractivity contribution is 5.76. The van der Waals surface area contributed by atoms with E-state index in [2.05, 4.69) is 59.5 Å². The van der Waals surface area contributed by atoms with Crippen LogP contribution >= 0.6 is 0 Å². The Balaban J connectivity index is 1.39. The highest BCUT2D eigenvalue weighted by Crippen LogP contribution is 2.37. The Hall–Kier alpha value is -2.42. The highest BCUT2D eigenvalue weighted by Gasteiger charge is 2.24. The summed E-state index contributed by atoms with van der Waals surface area (Å²) in [7, 11) is 0. The summed E-state index contributed by atoms with van der Waals surface area (Å²) < 4.78 is 0. The maximum atomic E-state index is 10.4. The molecule has 0 amide bonds. The topological polar surface area (TPSA) is 23.5 Å². The van der Waals surface area contributed by atoms with Crippen LogP contribution in [0.2, 0.25) is 0 Å². The van der Waals surface area contributed by atoms with Crippen molar-refractivity contribution in [3.63, 3.8) is 0 Å². The van der Waals surface area contributed by atoms with Crippen LogP contribution in [0.4, 0.5) is 0 Å². The third kappa shape index (κ3) is 2.58. The molecule has 1 heterocycles. The minimum absolute atomic E-state index is 0.386. The van der Waals surface area contributed by atoms with Crippen LogP contribution in [0.1, 0.15) is 33.9 Å². The summed E-state index contributed by atoms with van der Waals surface area (Å²) in [6.45, 7) is 2.49. The van der Waals surface area contributed by atoms with Gasteiger partial charge in [0.25, 0.3) is 0 Å². The summed E-state index contributed by atoms with van der Waals surface area (Å²) in [5.41, 5.74) is 9.28. The molecule has 1 aliphatic carbocycles. The van der Waals surface area contributed by atoms with Crippen LogP contribution in [-0.4, -0.2) is 16.6 Å². The molecular weight excluding hydrogens is 306 g/mol. The summed E-state index contributed by atoms with van der Waals surface area (Å²) in [6.07, 6.45) is 0.647. The minimum atomic E-state index is -0.386. The molecule has 1 aliphatic heterocycles. The lowest BCUT2D eigenvalue weighted by Gasteiger charge is -2.32. The van der Waals surface area contributed by atoms with Gasteiger partial charge in [0.15, 0.2) is 0 Å². The lowest BCUT2D eigenvalue weighted by Crippen LogP contribution is -2.33. The molecule has 0 radical (unpaired) electrons. The van der Waals surface area contributed by atoms with Gasteiger partial charge in [0.1, 0.15) is 0 Å². The highest BCUT2D eigenvalue weighted by atomic mass is 16.3. The number of aliphatic hydroxyl groups is 1. The second-order valence-electron chi connectivity index (χ2n) is 7.21. The maximum Gasteiger partial charge on any atom is 0.0920 e. The normalized spacial score (nSPS) is 18.5. The second kappa shape index (κ2) is 5.83. The van der Waals surface area contributed by atoms with Crippen LogP contribution in [0, 0.1) is 0 Å². The molecule has 2 aliphatic rings. The van der Waals surface area contributed by atoms with E-state index in [0.717, 1.165) is 25.1 Å². The van der Waals surface area contributed by atoms with Crippen LogP contribution in [0.25, 0.3) is 11.1 Å². The second-order valence-corrected chi connectivity index (χ2v) is 7.21. The van der Waals surface area contributed by atoms with E-state index in [4.69, 9.17) is 0 Å². The van der Waals surface area contributed by atoms with Crippen molar-refractivity contribution in [1.82, 2.24) is 4.90 Å². The Morgan fingerprint density at radius 2 is 1.60 bits per heavy atom. The quantitative estimate of drug-likeness (QED) is 0.593. The molecule has 0 fully saturated rings. The average molecular weight is 327 g/mol. The van der Waals surface area contributed by atoms with Gasteiger partial charge in [-0.2, -0.15) is 0 Å². The fraction of sp³-hybridized carbons (Fsp3) is 0.217. The molecule has 0 saturated carbocycles. The summed E-state index contributed by atoms with van der Waals surface area (Å²) in [4.78, 5) is 2.34. The number of rotatable bonds is 2. The van der Waals surface area contributed by atoms with Gasteiger partial charge in [0.05, 0.1) is 6.10 Å². The predicted molar refractivity (Wildman–Crippen MR) is 100 cm³/mol. The first-order valence-electron chi connectivity index (χ1n) is 8.96. The van der Waals surface area contributed by atoms with Crippen molar-refractivity contribution in [2.75, 3.05) is 6.54 Å². The van der Waals surface area contributed by atoms with Crippen molar-refractivity contribution in [2.45, 2.75) is 25.6 Å². The van der Waals surface area contributed by atoms with Gasteiger partial charge < -0.3 is 5.11 Å². The molecule has 0 spiro atoms. The lowest BCUT2D eigenvalue weighted by atomic mass is 9.96. The monoisotopic (exact) mass is 327 g/mol. The maximum absolute atomic E-state index is 10.4. The Bertz CT molecular complexity index is 946. The third-order valence-corrected chi connectivity index (χ3v) is 5.50. The van der Waals surface area contributed by atoms with Gasteiger partial charge in [-0.1, -0.05) is 66.7 Å². The van der Waals surface area contributed by atoms with Crippen molar-refractivity contribution in [1.29, 1.82) is 0 Å². The van der Waals surface area contributed by atoms with Crippen LogP contribution in [0.5, 0.6) is 0 Å². The van der Waals surface area contributed by atoms with Gasteiger partial charge in [-0.3, -0.25) is 4.90 Å². The van der Waals surface area contributed by atoms with Crippen LogP contribution in [-0.2, 0) is 19.5 Å². The zero-order valence-corrected chi connectivity index (χ0v) is 14.2. The largest absolute Gasteiger partial charge is 0.387 e. The molecule has 124 valence electrons. The summed E-state index contributed by atoms with van der Waals surface area (Å²) >= 11 is 0. The fourth-order valence-corrected chi connectivity index (χ4v) is 4.33. The zero-order chi connectivity index (χ0) is 16.8.